The largest absolute Gasteiger partial charge is 0.369 e. The van der Waals surface area contributed by atoms with E-state index in [9.17, 15) is 0 Å². The first-order valence-corrected chi connectivity index (χ1v) is 6.59. The number of rotatable bonds is 3. The second-order valence-electron chi connectivity index (χ2n) is 4.50. The lowest BCUT2D eigenvalue weighted by Gasteiger charge is -2.21. The average molecular weight is 269 g/mol. The maximum absolute atomic E-state index is 6.09. The van der Waals surface area contributed by atoms with Crippen molar-refractivity contribution in [2.45, 2.75) is 20.8 Å². The second kappa shape index (κ2) is 6.14. The van der Waals surface area contributed by atoms with E-state index in [4.69, 9.17) is 5.73 Å². The summed E-state index contributed by atoms with van der Waals surface area (Å²) in [5, 5.41) is 0. The van der Waals surface area contributed by atoms with Gasteiger partial charge in [0.2, 0.25) is 5.96 Å². The van der Waals surface area contributed by atoms with E-state index in [1.165, 1.54) is 0 Å². The number of aromatic nitrogens is 2. The summed E-state index contributed by atoms with van der Waals surface area (Å²) in [7, 11) is 0. The van der Waals surface area contributed by atoms with Gasteiger partial charge in [-0.15, -0.1) is 0 Å². The van der Waals surface area contributed by atoms with Crippen LogP contribution in [0.4, 0.5) is 11.6 Å². The minimum absolute atomic E-state index is 0.392. The molecule has 5 heteroatoms. The van der Waals surface area contributed by atoms with E-state index in [1.54, 1.807) is 0 Å². The highest BCUT2D eigenvalue weighted by molar-refractivity contribution is 5.95. The summed E-state index contributed by atoms with van der Waals surface area (Å²) in [6, 6.07) is 11.8. The molecule has 0 fully saturated rings. The number of benzene rings is 1. The van der Waals surface area contributed by atoms with Gasteiger partial charge in [0.1, 0.15) is 0 Å². The number of nitrogens with zero attached hydrogens (tertiary/aromatic N) is 4. The summed E-state index contributed by atoms with van der Waals surface area (Å²) in [6.07, 6.45) is 0. The Balaban J connectivity index is 2.32. The monoisotopic (exact) mass is 269 g/mol. The minimum Gasteiger partial charge on any atom is -0.369 e. The van der Waals surface area contributed by atoms with Crippen molar-refractivity contribution in [3.8, 4) is 0 Å². The van der Waals surface area contributed by atoms with Crippen molar-refractivity contribution in [2.75, 3.05) is 11.4 Å². The number of aliphatic imine (C=N–C) groups is 1. The van der Waals surface area contributed by atoms with E-state index in [0.29, 0.717) is 11.9 Å². The van der Waals surface area contributed by atoms with Gasteiger partial charge >= 0.3 is 0 Å². The smallest absolute Gasteiger partial charge is 0.253 e. The molecule has 20 heavy (non-hydrogen) atoms. The fourth-order valence-corrected chi connectivity index (χ4v) is 2.00. The standard InChI is InChI=1S/C15H19N5/c1-4-20(13-8-6-5-7-9-13)14(16)19-15-17-11(2)10-12(3)18-15/h5-10H,4H2,1-3H3,(H2,16,17,18,19). The molecule has 0 amide bonds. The van der Waals surface area contributed by atoms with Gasteiger partial charge in [0.15, 0.2) is 0 Å². The van der Waals surface area contributed by atoms with Gasteiger partial charge < -0.3 is 10.6 Å². The number of nitrogens with two attached hydrogens (primary N) is 1. The number of hydrogen-bond donors (Lipinski definition) is 1. The molecule has 0 saturated heterocycles. The van der Waals surface area contributed by atoms with Crippen molar-refractivity contribution < 1.29 is 0 Å². The maximum Gasteiger partial charge on any atom is 0.253 e. The van der Waals surface area contributed by atoms with Crippen molar-refractivity contribution in [1.29, 1.82) is 0 Å². The molecule has 0 unspecified atom stereocenters. The number of aryl methyl sites for hydroxylation is 2. The molecule has 2 rings (SSSR count). The highest BCUT2D eigenvalue weighted by Gasteiger charge is 2.09. The molecule has 0 bridgehead atoms. The molecule has 0 saturated carbocycles. The van der Waals surface area contributed by atoms with Crippen LogP contribution in [0.25, 0.3) is 0 Å². The zero-order valence-corrected chi connectivity index (χ0v) is 12.0. The van der Waals surface area contributed by atoms with E-state index in [0.717, 1.165) is 23.6 Å². The SMILES string of the molecule is CCN(/C(N)=N/c1nc(C)cc(C)n1)c1ccccc1. The molecular weight excluding hydrogens is 250 g/mol. The minimum atomic E-state index is 0.392. The van der Waals surface area contributed by atoms with Gasteiger partial charge in [-0.25, -0.2) is 9.97 Å². The Morgan fingerprint density at radius 2 is 1.75 bits per heavy atom. The molecule has 2 aromatic rings. The van der Waals surface area contributed by atoms with E-state index in [1.807, 2.05) is 62.1 Å². The molecule has 1 aromatic carbocycles. The maximum atomic E-state index is 6.09. The third kappa shape index (κ3) is 3.32. The summed E-state index contributed by atoms with van der Waals surface area (Å²) >= 11 is 0. The van der Waals surface area contributed by atoms with E-state index >= 15 is 0 Å². The van der Waals surface area contributed by atoms with E-state index in [2.05, 4.69) is 15.0 Å². The zero-order chi connectivity index (χ0) is 14.5. The Kier molecular flexibility index (Phi) is 4.30. The van der Waals surface area contributed by atoms with Crippen molar-refractivity contribution in [1.82, 2.24) is 9.97 Å². The average Bonchev–Trinajstić information content (AvgIpc) is 2.39. The van der Waals surface area contributed by atoms with Crippen LogP contribution in [0, 0.1) is 13.8 Å². The molecule has 0 radical (unpaired) electrons. The Labute approximate surface area is 119 Å². The molecule has 0 aliphatic rings. The predicted molar refractivity (Wildman–Crippen MR) is 82.3 cm³/mol. The van der Waals surface area contributed by atoms with Gasteiger partial charge in [-0.3, -0.25) is 0 Å². The van der Waals surface area contributed by atoms with Crippen LogP contribution in [0.15, 0.2) is 41.4 Å². The zero-order valence-electron chi connectivity index (χ0n) is 12.0. The number of hydrogen-bond acceptors (Lipinski definition) is 3. The molecule has 1 aromatic heterocycles. The van der Waals surface area contributed by atoms with Gasteiger partial charge in [0, 0.05) is 23.6 Å². The Morgan fingerprint density at radius 1 is 1.15 bits per heavy atom. The van der Waals surface area contributed by atoms with Crippen LogP contribution in [-0.4, -0.2) is 22.5 Å². The van der Waals surface area contributed by atoms with Crippen LogP contribution in [-0.2, 0) is 0 Å². The van der Waals surface area contributed by atoms with Crippen molar-refractivity contribution in [2.24, 2.45) is 10.7 Å². The first-order valence-electron chi connectivity index (χ1n) is 6.59. The van der Waals surface area contributed by atoms with Crippen LogP contribution >= 0.6 is 0 Å². The fraction of sp³-hybridized carbons (Fsp3) is 0.267. The topological polar surface area (TPSA) is 67.4 Å². The van der Waals surface area contributed by atoms with Gasteiger partial charge in [-0.2, -0.15) is 4.99 Å². The predicted octanol–water partition coefficient (Wildman–Crippen LogP) is 2.57. The van der Waals surface area contributed by atoms with Crippen LogP contribution in [0.2, 0.25) is 0 Å². The third-order valence-electron chi connectivity index (χ3n) is 2.85. The molecule has 5 nitrogen and oxygen atoms in total. The number of para-hydroxylation sites is 1. The quantitative estimate of drug-likeness (QED) is 0.687. The molecular formula is C15H19N5. The lowest BCUT2D eigenvalue weighted by Crippen LogP contribution is -2.37. The first-order chi connectivity index (χ1) is 9.60. The van der Waals surface area contributed by atoms with Crippen molar-refractivity contribution >= 4 is 17.6 Å². The number of guanidine groups is 1. The molecule has 0 atom stereocenters. The highest BCUT2D eigenvalue weighted by Crippen LogP contribution is 2.14. The molecule has 0 aliphatic heterocycles. The molecule has 1 heterocycles. The van der Waals surface area contributed by atoms with Gasteiger partial charge in [-0.1, -0.05) is 18.2 Å². The summed E-state index contributed by atoms with van der Waals surface area (Å²) < 4.78 is 0. The van der Waals surface area contributed by atoms with Crippen LogP contribution in [0.3, 0.4) is 0 Å². The summed E-state index contributed by atoms with van der Waals surface area (Å²) in [4.78, 5) is 14.8. The molecule has 2 N–H and O–H groups in total. The lowest BCUT2D eigenvalue weighted by molar-refractivity contribution is 1.01. The fourth-order valence-electron chi connectivity index (χ4n) is 2.00. The summed E-state index contributed by atoms with van der Waals surface area (Å²) in [5.74, 6) is 0.790. The van der Waals surface area contributed by atoms with Gasteiger partial charge in [-0.05, 0) is 39.0 Å². The van der Waals surface area contributed by atoms with E-state index < -0.39 is 0 Å². The molecule has 0 spiro atoms. The Morgan fingerprint density at radius 3 is 2.30 bits per heavy atom. The normalized spacial score (nSPS) is 11.4. The molecule has 104 valence electrons. The highest BCUT2D eigenvalue weighted by atomic mass is 15.3. The van der Waals surface area contributed by atoms with Crippen molar-refractivity contribution in [3.05, 3.63) is 47.8 Å². The van der Waals surface area contributed by atoms with Gasteiger partial charge in [0.05, 0.1) is 0 Å². The first kappa shape index (κ1) is 14.0. The van der Waals surface area contributed by atoms with Gasteiger partial charge in [0.25, 0.3) is 5.95 Å². The Bertz CT molecular complexity index is 587. The number of anilines is 1. The molecule has 0 aliphatic carbocycles. The van der Waals surface area contributed by atoms with Crippen LogP contribution < -0.4 is 10.6 Å². The van der Waals surface area contributed by atoms with Crippen molar-refractivity contribution in [3.63, 3.8) is 0 Å². The second-order valence-corrected chi connectivity index (χ2v) is 4.50. The van der Waals surface area contributed by atoms with Crippen LogP contribution in [0.1, 0.15) is 18.3 Å². The Hall–Kier alpha value is -2.43. The lowest BCUT2D eigenvalue weighted by atomic mass is 10.3. The van der Waals surface area contributed by atoms with Crippen LogP contribution in [0.5, 0.6) is 0 Å². The summed E-state index contributed by atoms with van der Waals surface area (Å²) in [6.45, 7) is 6.58. The third-order valence-corrected chi connectivity index (χ3v) is 2.85. The van der Waals surface area contributed by atoms with E-state index in [-0.39, 0.29) is 0 Å². The summed E-state index contributed by atoms with van der Waals surface area (Å²) in [5.41, 5.74) is 8.85.